The van der Waals surface area contributed by atoms with Crippen molar-refractivity contribution in [2.45, 2.75) is 13.0 Å². The third kappa shape index (κ3) is 3.34. The van der Waals surface area contributed by atoms with Crippen molar-refractivity contribution in [1.82, 2.24) is 15.2 Å². The van der Waals surface area contributed by atoms with Crippen LogP contribution in [0.15, 0.2) is 28.1 Å². The van der Waals surface area contributed by atoms with Crippen LogP contribution in [-0.2, 0) is 0 Å². The van der Waals surface area contributed by atoms with Crippen molar-refractivity contribution in [3.05, 3.63) is 38.9 Å². The van der Waals surface area contributed by atoms with Crippen LogP contribution in [0.3, 0.4) is 0 Å². The standard InChI is InChI=1S/C15H17BrFN3S/c1-10(20-6-4-18-5-7-20)15-19-14(9-21-15)12-8-11(16)2-3-13(12)17/h2-3,8-10,18H,4-7H2,1H3. The molecule has 0 spiro atoms. The lowest BCUT2D eigenvalue weighted by molar-refractivity contribution is 0.185. The van der Waals surface area contributed by atoms with Gasteiger partial charge in [-0.1, -0.05) is 15.9 Å². The Morgan fingerprint density at radius 2 is 2.14 bits per heavy atom. The highest BCUT2D eigenvalue weighted by atomic mass is 79.9. The fourth-order valence-corrected chi connectivity index (χ4v) is 3.79. The normalized spacial score (nSPS) is 17.9. The lowest BCUT2D eigenvalue weighted by Crippen LogP contribution is -2.44. The summed E-state index contributed by atoms with van der Waals surface area (Å²) in [5.74, 6) is -0.232. The van der Waals surface area contributed by atoms with Crippen LogP contribution in [0, 0.1) is 5.82 Å². The Hall–Kier alpha value is -0.820. The van der Waals surface area contributed by atoms with Crippen molar-refractivity contribution < 1.29 is 4.39 Å². The quantitative estimate of drug-likeness (QED) is 0.894. The number of thiazole rings is 1. The minimum atomic E-state index is -0.232. The van der Waals surface area contributed by atoms with Gasteiger partial charge < -0.3 is 5.32 Å². The molecule has 1 atom stereocenters. The van der Waals surface area contributed by atoms with E-state index >= 15 is 0 Å². The minimum Gasteiger partial charge on any atom is -0.314 e. The van der Waals surface area contributed by atoms with Gasteiger partial charge in [0, 0.05) is 41.6 Å². The SMILES string of the molecule is CC(c1nc(-c2cc(Br)ccc2F)cs1)N1CCNCC1. The van der Waals surface area contributed by atoms with Gasteiger partial charge in [-0.2, -0.15) is 0 Å². The number of halogens is 2. The van der Waals surface area contributed by atoms with Crippen LogP contribution in [0.1, 0.15) is 18.0 Å². The smallest absolute Gasteiger partial charge is 0.132 e. The first-order valence-electron chi connectivity index (χ1n) is 7.01. The van der Waals surface area contributed by atoms with Crippen molar-refractivity contribution in [1.29, 1.82) is 0 Å². The maximum absolute atomic E-state index is 13.9. The maximum atomic E-state index is 13.9. The molecule has 0 aliphatic carbocycles. The van der Waals surface area contributed by atoms with E-state index in [1.54, 1.807) is 23.5 Å². The summed E-state index contributed by atoms with van der Waals surface area (Å²) in [6.45, 7) is 6.26. The number of aromatic nitrogens is 1. The van der Waals surface area contributed by atoms with Crippen LogP contribution in [0.4, 0.5) is 4.39 Å². The van der Waals surface area contributed by atoms with E-state index in [9.17, 15) is 4.39 Å². The average Bonchev–Trinajstić information content (AvgIpc) is 2.99. The zero-order valence-electron chi connectivity index (χ0n) is 11.8. The molecule has 1 aromatic heterocycles. The van der Waals surface area contributed by atoms with E-state index in [4.69, 9.17) is 0 Å². The molecule has 2 aromatic rings. The third-order valence-electron chi connectivity index (χ3n) is 3.78. The van der Waals surface area contributed by atoms with E-state index < -0.39 is 0 Å². The Labute approximate surface area is 136 Å². The molecular formula is C15H17BrFN3S. The number of hydrogen-bond acceptors (Lipinski definition) is 4. The highest BCUT2D eigenvalue weighted by molar-refractivity contribution is 9.10. The van der Waals surface area contributed by atoms with E-state index in [-0.39, 0.29) is 11.9 Å². The van der Waals surface area contributed by atoms with Crippen molar-refractivity contribution in [3.8, 4) is 11.3 Å². The summed E-state index contributed by atoms with van der Waals surface area (Å²) in [5, 5.41) is 6.34. The van der Waals surface area contributed by atoms with E-state index in [0.717, 1.165) is 41.4 Å². The summed E-state index contributed by atoms with van der Waals surface area (Å²) in [5.41, 5.74) is 1.27. The third-order valence-corrected chi connectivity index (χ3v) is 5.29. The number of piperazine rings is 1. The molecule has 3 nitrogen and oxygen atoms in total. The molecule has 1 aliphatic heterocycles. The Kier molecular flexibility index (Phi) is 4.69. The van der Waals surface area contributed by atoms with Crippen molar-refractivity contribution >= 4 is 27.3 Å². The van der Waals surface area contributed by atoms with Crippen LogP contribution in [0.5, 0.6) is 0 Å². The molecule has 21 heavy (non-hydrogen) atoms. The Balaban J connectivity index is 1.84. The fraction of sp³-hybridized carbons (Fsp3) is 0.400. The number of rotatable bonds is 3. The Morgan fingerprint density at radius 3 is 2.90 bits per heavy atom. The highest BCUT2D eigenvalue weighted by Gasteiger charge is 2.21. The van der Waals surface area contributed by atoms with Crippen molar-refractivity contribution in [3.63, 3.8) is 0 Å². The van der Waals surface area contributed by atoms with Crippen molar-refractivity contribution in [2.75, 3.05) is 26.2 Å². The topological polar surface area (TPSA) is 28.2 Å². The van der Waals surface area contributed by atoms with E-state index in [0.29, 0.717) is 5.56 Å². The lowest BCUT2D eigenvalue weighted by atomic mass is 10.1. The number of nitrogens with zero attached hydrogens (tertiary/aromatic N) is 2. The summed E-state index contributed by atoms with van der Waals surface area (Å²) in [6, 6.07) is 5.23. The second-order valence-electron chi connectivity index (χ2n) is 5.16. The molecule has 3 rings (SSSR count). The fourth-order valence-electron chi connectivity index (χ4n) is 2.52. The first-order chi connectivity index (χ1) is 10.1. The van der Waals surface area contributed by atoms with E-state index in [1.165, 1.54) is 6.07 Å². The Morgan fingerprint density at radius 1 is 1.38 bits per heavy atom. The molecule has 1 saturated heterocycles. The monoisotopic (exact) mass is 369 g/mol. The summed E-state index contributed by atoms with van der Waals surface area (Å²) in [4.78, 5) is 7.07. The molecule has 1 unspecified atom stereocenters. The molecule has 1 aliphatic rings. The van der Waals surface area contributed by atoms with Crippen LogP contribution in [0.25, 0.3) is 11.3 Å². The zero-order valence-corrected chi connectivity index (χ0v) is 14.2. The molecule has 0 saturated carbocycles. The zero-order chi connectivity index (χ0) is 14.8. The Bertz CT molecular complexity index is 625. The average molecular weight is 370 g/mol. The second kappa shape index (κ2) is 6.52. The van der Waals surface area contributed by atoms with Gasteiger partial charge in [-0.15, -0.1) is 11.3 Å². The van der Waals surface area contributed by atoms with Gasteiger partial charge in [0.2, 0.25) is 0 Å². The van der Waals surface area contributed by atoms with Crippen LogP contribution in [0.2, 0.25) is 0 Å². The molecule has 1 aromatic carbocycles. The first kappa shape index (κ1) is 15.1. The van der Waals surface area contributed by atoms with Gasteiger partial charge in [0.15, 0.2) is 0 Å². The molecule has 112 valence electrons. The summed E-state index contributed by atoms with van der Waals surface area (Å²) in [6.07, 6.45) is 0. The van der Waals surface area contributed by atoms with Crippen LogP contribution in [-0.4, -0.2) is 36.1 Å². The van der Waals surface area contributed by atoms with Gasteiger partial charge in [-0.05, 0) is 25.1 Å². The predicted octanol–water partition coefficient (Wildman–Crippen LogP) is 3.68. The van der Waals surface area contributed by atoms with Crippen molar-refractivity contribution in [2.24, 2.45) is 0 Å². The largest absolute Gasteiger partial charge is 0.314 e. The number of hydrogen-bond donors (Lipinski definition) is 1. The lowest BCUT2D eigenvalue weighted by Gasteiger charge is -2.31. The molecule has 0 bridgehead atoms. The van der Waals surface area contributed by atoms with Crippen LogP contribution < -0.4 is 5.32 Å². The highest BCUT2D eigenvalue weighted by Crippen LogP contribution is 2.31. The summed E-state index contributed by atoms with van der Waals surface area (Å²) < 4.78 is 14.8. The van der Waals surface area contributed by atoms with Gasteiger partial charge in [0.25, 0.3) is 0 Å². The van der Waals surface area contributed by atoms with Gasteiger partial charge in [0.05, 0.1) is 11.7 Å². The first-order valence-corrected chi connectivity index (χ1v) is 8.68. The molecule has 1 N–H and O–H groups in total. The van der Waals surface area contributed by atoms with Crippen LogP contribution >= 0.6 is 27.3 Å². The molecule has 0 radical (unpaired) electrons. The number of benzene rings is 1. The molecule has 0 amide bonds. The second-order valence-corrected chi connectivity index (χ2v) is 6.96. The number of nitrogens with one attached hydrogen (secondary N) is 1. The summed E-state index contributed by atoms with van der Waals surface area (Å²) in [7, 11) is 0. The maximum Gasteiger partial charge on any atom is 0.132 e. The molecule has 6 heteroatoms. The van der Waals surface area contributed by atoms with Gasteiger partial charge in [-0.25, -0.2) is 9.37 Å². The van der Waals surface area contributed by atoms with Gasteiger partial charge in [0.1, 0.15) is 10.8 Å². The molecule has 2 heterocycles. The van der Waals surface area contributed by atoms with E-state index in [2.05, 4.69) is 38.1 Å². The minimum absolute atomic E-state index is 0.232. The predicted molar refractivity (Wildman–Crippen MR) is 88.1 cm³/mol. The van der Waals surface area contributed by atoms with Gasteiger partial charge in [-0.3, -0.25) is 4.90 Å². The molecular weight excluding hydrogens is 353 g/mol. The van der Waals surface area contributed by atoms with Gasteiger partial charge >= 0.3 is 0 Å². The van der Waals surface area contributed by atoms with E-state index in [1.807, 2.05) is 5.38 Å². The molecule has 1 fully saturated rings. The summed E-state index contributed by atoms with van der Waals surface area (Å²) >= 11 is 4.99.